The van der Waals surface area contributed by atoms with Crippen molar-refractivity contribution in [1.82, 2.24) is 0 Å². The van der Waals surface area contributed by atoms with E-state index < -0.39 is 15.2 Å². The Labute approximate surface area is 186 Å². The van der Waals surface area contributed by atoms with Crippen molar-refractivity contribution < 1.29 is 38.2 Å². The first-order valence-corrected chi connectivity index (χ1v) is 12.7. The number of para-hydroxylation sites is 2. The quantitative estimate of drug-likeness (QED) is 0.213. The minimum absolute atomic E-state index is 0.0985. The lowest BCUT2D eigenvalue weighted by Gasteiger charge is -2.14. The van der Waals surface area contributed by atoms with Gasteiger partial charge in [-0.25, -0.2) is 0 Å². The number of benzene rings is 2. The molecule has 0 aliphatic rings. The van der Waals surface area contributed by atoms with Gasteiger partial charge in [-0.1, -0.05) is 24.3 Å². The van der Waals surface area contributed by atoms with Crippen LogP contribution in [0.3, 0.4) is 0 Å². The first-order valence-electron chi connectivity index (χ1n) is 9.58. The highest BCUT2D eigenvalue weighted by Crippen LogP contribution is 2.47. The highest BCUT2D eigenvalue weighted by molar-refractivity contribution is 7.72. The smallest absolute Gasteiger partial charge is 0.377 e. The van der Waals surface area contributed by atoms with Crippen LogP contribution >= 0.6 is 15.2 Å². The normalized spacial score (nSPS) is 16.4. The molecule has 0 fully saturated rings. The van der Waals surface area contributed by atoms with Crippen LogP contribution in [0.1, 0.15) is 24.0 Å². The lowest BCUT2D eigenvalue weighted by Crippen LogP contribution is -2.07. The molecule has 0 heterocycles. The molecule has 0 spiro atoms. The van der Waals surface area contributed by atoms with E-state index in [1.807, 2.05) is 0 Å². The summed E-state index contributed by atoms with van der Waals surface area (Å²) in [5, 5.41) is 20.0. The number of nitrogens with zero attached hydrogens (tertiary/aromatic N) is 2. The predicted molar refractivity (Wildman–Crippen MR) is 122 cm³/mol. The Hall–Kier alpha value is -2.32. The molecule has 0 aliphatic heterocycles. The van der Waals surface area contributed by atoms with Gasteiger partial charge in [-0.15, -0.1) is 0 Å². The van der Waals surface area contributed by atoms with Crippen LogP contribution in [0, 0.1) is 0 Å². The molecule has 2 aromatic rings. The first kappa shape index (κ1) is 25.9. The van der Waals surface area contributed by atoms with Crippen molar-refractivity contribution in [3.8, 4) is 11.5 Å². The van der Waals surface area contributed by atoms with Gasteiger partial charge in [0, 0.05) is 38.4 Å². The number of aliphatic imine (C=N–C) groups is 2. The van der Waals surface area contributed by atoms with E-state index in [0.29, 0.717) is 12.8 Å². The predicted octanol–water partition coefficient (Wildman–Crippen LogP) is 3.74. The molecule has 2 atom stereocenters. The molecule has 174 valence electrons. The largest absolute Gasteiger partial charge is 0.507 e. The van der Waals surface area contributed by atoms with Crippen molar-refractivity contribution in [2.75, 3.05) is 27.3 Å². The highest BCUT2D eigenvalue weighted by atomic mass is 31.2. The van der Waals surface area contributed by atoms with Gasteiger partial charge in [0.05, 0.1) is 0 Å². The van der Waals surface area contributed by atoms with E-state index in [1.54, 1.807) is 24.3 Å². The fourth-order valence-corrected chi connectivity index (χ4v) is 4.64. The summed E-state index contributed by atoms with van der Waals surface area (Å²) in [4.78, 5) is 28.5. The van der Waals surface area contributed by atoms with Crippen LogP contribution < -0.4 is 0 Å². The number of hydrogen-bond donors (Lipinski definition) is 4. The van der Waals surface area contributed by atoms with Crippen molar-refractivity contribution in [2.45, 2.75) is 12.8 Å². The van der Waals surface area contributed by atoms with Crippen LogP contribution in [0.15, 0.2) is 58.5 Å². The molecule has 0 aliphatic carbocycles. The maximum Gasteiger partial charge on any atom is 0.377 e. The maximum absolute atomic E-state index is 12.4. The van der Waals surface area contributed by atoms with E-state index in [0.717, 1.165) is 14.2 Å². The third-order valence-corrected chi connectivity index (χ3v) is 7.23. The molecule has 32 heavy (non-hydrogen) atoms. The summed E-state index contributed by atoms with van der Waals surface area (Å²) in [6.07, 6.45) is 0.835. The second kappa shape index (κ2) is 11.5. The Kier molecular flexibility index (Phi) is 9.33. The van der Waals surface area contributed by atoms with E-state index in [2.05, 4.69) is 19.0 Å². The number of phenolic OH excluding ortho intramolecular Hbond substituents is 2. The highest BCUT2D eigenvalue weighted by Gasteiger charge is 2.30. The molecule has 12 heteroatoms. The Bertz CT molecular complexity index is 1000. The topological polar surface area (TPSA) is 158 Å². The van der Waals surface area contributed by atoms with Gasteiger partial charge in [0.1, 0.15) is 11.5 Å². The number of hydrogen-bond acceptors (Lipinski definition) is 8. The molecule has 2 rings (SSSR count). The summed E-state index contributed by atoms with van der Waals surface area (Å²) in [6, 6.07) is 12.0. The summed E-state index contributed by atoms with van der Waals surface area (Å²) in [5.41, 5.74) is -0.311. The van der Waals surface area contributed by atoms with E-state index >= 15 is 0 Å². The second-order valence-corrected chi connectivity index (χ2v) is 10.2. The molecule has 2 aromatic carbocycles. The minimum atomic E-state index is -4.23. The van der Waals surface area contributed by atoms with Crippen molar-refractivity contribution in [1.29, 1.82) is 0 Å². The Morgan fingerprint density at radius 1 is 0.750 bits per heavy atom. The van der Waals surface area contributed by atoms with Crippen LogP contribution in [0.5, 0.6) is 11.5 Å². The average Bonchev–Trinajstić information content (AvgIpc) is 2.77. The zero-order valence-corrected chi connectivity index (χ0v) is 19.4. The monoisotopic (exact) mass is 484 g/mol. The van der Waals surface area contributed by atoms with Crippen molar-refractivity contribution in [3.05, 3.63) is 59.7 Å². The van der Waals surface area contributed by atoms with Gasteiger partial charge in [-0.3, -0.25) is 19.1 Å². The van der Waals surface area contributed by atoms with Gasteiger partial charge >= 0.3 is 15.2 Å². The number of unbranched alkanes of at least 4 members (excludes halogenated alkanes) is 1. The Balaban J connectivity index is 2.14. The first-order chi connectivity index (χ1) is 15.1. The second-order valence-electron chi connectivity index (χ2n) is 6.56. The zero-order chi connectivity index (χ0) is 23.8. The number of phenols is 2. The summed E-state index contributed by atoms with van der Waals surface area (Å²) in [7, 11) is -6.30. The fraction of sp³-hybridized carbons (Fsp3) is 0.300. The molecular weight excluding hydrogens is 458 g/mol. The van der Waals surface area contributed by atoms with Gasteiger partial charge in [0.2, 0.25) is 0 Å². The van der Waals surface area contributed by atoms with E-state index in [1.165, 1.54) is 24.3 Å². The van der Waals surface area contributed by atoms with Gasteiger partial charge in [0.25, 0.3) is 0 Å². The molecule has 0 amide bonds. The number of rotatable bonds is 11. The number of aromatic hydroxyl groups is 2. The molecule has 0 saturated carbocycles. The molecule has 0 radical (unpaired) electrons. The molecule has 0 saturated heterocycles. The standard InChI is InChI=1S/C20H26N2O8P2/c1-29-31(25,26)19(15-9-3-5-11-17(15)23)21-13-7-8-14-22-20(32(27,28)30-2)16-10-4-6-12-18(16)24/h3-6,9-12,23-24H,7-8,13-14H2,1-2H3,(H,25,26)(H,27,28). The van der Waals surface area contributed by atoms with E-state index in [-0.39, 0.29) is 46.6 Å². The van der Waals surface area contributed by atoms with Crippen molar-refractivity contribution in [2.24, 2.45) is 9.98 Å². The van der Waals surface area contributed by atoms with Crippen LogP contribution in [0.25, 0.3) is 0 Å². The average molecular weight is 484 g/mol. The van der Waals surface area contributed by atoms with Crippen LogP contribution in [0.4, 0.5) is 0 Å². The third-order valence-electron chi connectivity index (χ3n) is 4.41. The minimum Gasteiger partial charge on any atom is -0.507 e. The zero-order valence-electron chi connectivity index (χ0n) is 17.7. The van der Waals surface area contributed by atoms with Crippen LogP contribution in [-0.2, 0) is 18.2 Å². The molecular formula is C20H26N2O8P2. The summed E-state index contributed by atoms with van der Waals surface area (Å²) in [6.45, 7) is 0.250. The van der Waals surface area contributed by atoms with Gasteiger partial charge in [-0.05, 0) is 37.1 Å². The van der Waals surface area contributed by atoms with Crippen LogP contribution in [-0.4, -0.2) is 58.2 Å². The van der Waals surface area contributed by atoms with Gasteiger partial charge in [-0.2, -0.15) is 0 Å². The van der Waals surface area contributed by atoms with E-state index in [4.69, 9.17) is 0 Å². The molecule has 4 N–H and O–H groups in total. The van der Waals surface area contributed by atoms with Gasteiger partial charge in [0.15, 0.2) is 10.9 Å². The summed E-state index contributed by atoms with van der Waals surface area (Å²) < 4.78 is 34.1. The third kappa shape index (κ3) is 6.59. The van der Waals surface area contributed by atoms with Crippen molar-refractivity contribution >= 4 is 26.1 Å². The van der Waals surface area contributed by atoms with E-state index in [9.17, 15) is 29.1 Å². The van der Waals surface area contributed by atoms with Gasteiger partial charge < -0.3 is 29.0 Å². The SMILES string of the molecule is COP(=O)(O)C(=NCCCCN=C(c1ccccc1O)P(=O)(O)OC)c1ccccc1O. The molecule has 0 bridgehead atoms. The lowest BCUT2D eigenvalue weighted by atomic mass is 10.2. The lowest BCUT2D eigenvalue weighted by molar-refractivity contribution is 0.329. The van der Waals surface area contributed by atoms with Crippen LogP contribution in [0.2, 0.25) is 0 Å². The molecule has 0 aromatic heterocycles. The Morgan fingerprint density at radius 3 is 1.41 bits per heavy atom. The maximum atomic E-state index is 12.4. The molecule has 2 unspecified atom stereocenters. The van der Waals surface area contributed by atoms with Crippen molar-refractivity contribution in [3.63, 3.8) is 0 Å². The summed E-state index contributed by atoms with van der Waals surface area (Å²) in [5.74, 6) is -0.402. The summed E-state index contributed by atoms with van der Waals surface area (Å²) >= 11 is 0. The molecule has 10 nitrogen and oxygen atoms in total. The Morgan fingerprint density at radius 2 is 1.09 bits per heavy atom. The fourth-order valence-electron chi connectivity index (χ4n) is 2.75.